The van der Waals surface area contributed by atoms with Gasteiger partial charge in [0.15, 0.2) is 11.5 Å². The molecule has 0 aliphatic carbocycles. The maximum absolute atomic E-state index is 13.0. The second-order valence-corrected chi connectivity index (χ2v) is 3.98. The quantitative estimate of drug-likeness (QED) is 0.742. The van der Waals surface area contributed by atoms with Crippen molar-refractivity contribution in [3.63, 3.8) is 0 Å². The second kappa shape index (κ2) is 5.48. The molecule has 0 saturated carbocycles. The normalized spacial score (nSPS) is 10.2. The Morgan fingerprint density at radius 2 is 2.00 bits per heavy atom. The Labute approximate surface area is 110 Å². The number of aromatic hydroxyl groups is 2. The molecule has 0 atom stereocenters. The summed E-state index contributed by atoms with van der Waals surface area (Å²) in [4.78, 5) is 0. The third-order valence-corrected chi connectivity index (χ3v) is 2.73. The van der Waals surface area contributed by atoms with Gasteiger partial charge < -0.3 is 20.3 Å². The van der Waals surface area contributed by atoms with Gasteiger partial charge in [0, 0.05) is 18.2 Å². The monoisotopic (exact) mass is 263 g/mol. The molecule has 2 rings (SSSR count). The highest BCUT2D eigenvalue weighted by atomic mass is 19.1. The van der Waals surface area contributed by atoms with Crippen LogP contribution in [0.25, 0.3) is 0 Å². The standard InChI is InChI=1S/C14H14FNO3/c1-19-13-7-10(15)5-6-11(13)16-8-9-3-2-4-12(17)14(9)18/h2-7,16-18H,8H2,1H3. The number of benzene rings is 2. The highest BCUT2D eigenvalue weighted by Crippen LogP contribution is 2.30. The fourth-order valence-corrected chi connectivity index (χ4v) is 1.72. The van der Waals surface area contributed by atoms with Crippen LogP contribution in [-0.2, 0) is 6.54 Å². The van der Waals surface area contributed by atoms with E-state index >= 15 is 0 Å². The predicted octanol–water partition coefficient (Wildman–Crippen LogP) is 2.86. The van der Waals surface area contributed by atoms with Gasteiger partial charge in [-0.2, -0.15) is 0 Å². The molecule has 3 N–H and O–H groups in total. The van der Waals surface area contributed by atoms with Crippen molar-refractivity contribution in [3.05, 3.63) is 47.8 Å². The minimum Gasteiger partial charge on any atom is -0.504 e. The first-order valence-electron chi connectivity index (χ1n) is 5.69. The molecule has 0 unspecified atom stereocenters. The molecule has 0 spiro atoms. The van der Waals surface area contributed by atoms with Crippen molar-refractivity contribution in [2.75, 3.05) is 12.4 Å². The Hall–Kier alpha value is -2.43. The van der Waals surface area contributed by atoms with E-state index in [2.05, 4.69) is 5.32 Å². The lowest BCUT2D eigenvalue weighted by atomic mass is 10.2. The average molecular weight is 263 g/mol. The molecule has 0 radical (unpaired) electrons. The molecule has 2 aromatic carbocycles. The summed E-state index contributed by atoms with van der Waals surface area (Å²) in [5.74, 6) is -0.358. The van der Waals surface area contributed by atoms with E-state index in [4.69, 9.17) is 4.74 Å². The van der Waals surface area contributed by atoms with Gasteiger partial charge in [-0.3, -0.25) is 0 Å². The first kappa shape index (κ1) is 13.0. The Morgan fingerprint density at radius 3 is 2.74 bits per heavy atom. The molecular weight excluding hydrogens is 249 g/mol. The van der Waals surface area contributed by atoms with Crippen LogP contribution in [0.5, 0.6) is 17.2 Å². The van der Waals surface area contributed by atoms with Crippen LogP contribution in [0.3, 0.4) is 0 Å². The van der Waals surface area contributed by atoms with Gasteiger partial charge in [-0.1, -0.05) is 12.1 Å². The number of phenolic OH excluding ortho intramolecular Hbond substituents is 2. The van der Waals surface area contributed by atoms with Crippen LogP contribution in [0.2, 0.25) is 0 Å². The van der Waals surface area contributed by atoms with Crippen molar-refractivity contribution in [2.24, 2.45) is 0 Å². The fourth-order valence-electron chi connectivity index (χ4n) is 1.72. The summed E-state index contributed by atoms with van der Waals surface area (Å²) >= 11 is 0. The number of phenols is 2. The third-order valence-electron chi connectivity index (χ3n) is 2.73. The lowest BCUT2D eigenvalue weighted by Crippen LogP contribution is -2.02. The summed E-state index contributed by atoms with van der Waals surface area (Å²) in [5.41, 5.74) is 1.14. The molecule has 0 amide bonds. The Kier molecular flexibility index (Phi) is 3.75. The number of ether oxygens (including phenoxy) is 1. The average Bonchev–Trinajstić information content (AvgIpc) is 2.41. The van der Waals surface area contributed by atoms with E-state index in [-0.39, 0.29) is 23.9 Å². The van der Waals surface area contributed by atoms with Crippen LogP contribution in [0.4, 0.5) is 10.1 Å². The van der Waals surface area contributed by atoms with Crippen LogP contribution in [0.1, 0.15) is 5.56 Å². The van der Waals surface area contributed by atoms with Crippen molar-refractivity contribution in [3.8, 4) is 17.2 Å². The minimum absolute atomic E-state index is 0.170. The van der Waals surface area contributed by atoms with E-state index in [1.165, 1.54) is 25.3 Å². The molecule has 0 aliphatic heterocycles. The van der Waals surface area contributed by atoms with Gasteiger partial charge in [0.25, 0.3) is 0 Å². The van der Waals surface area contributed by atoms with Gasteiger partial charge >= 0.3 is 0 Å². The smallest absolute Gasteiger partial charge is 0.162 e. The number of rotatable bonds is 4. The molecular formula is C14H14FNO3. The van der Waals surface area contributed by atoms with Gasteiger partial charge in [-0.25, -0.2) is 4.39 Å². The Morgan fingerprint density at radius 1 is 1.21 bits per heavy atom. The van der Waals surface area contributed by atoms with Crippen molar-refractivity contribution >= 4 is 5.69 Å². The lowest BCUT2D eigenvalue weighted by molar-refractivity contribution is 0.399. The summed E-state index contributed by atoms with van der Waals surface area (Å²) in [6.45, 7) is 0.280. The Balaban J connectivity index is 2.17. The SMILES string of the molecule is COc1cc(F)ccc1NCc1cccc(O)c1O. The number of nitrogens with one attached hydrogen (secondary N) is 1. The highest BCUT2D eigenvalue weighted by Gasteiger charge is 2.08. The lowest BCUT2D eigenvalue weighted by Gasteiger charge is -2.12. The number of hydrogen-bond donors (Lipinski definition) is 3. The first-order valence-corrected chi connectivity index (χ1v) is 5.69. The van der Waals surface area contributed by atoms with Crippen LogP contribution in [-0.4, -0.2) is 17.3 Å². The summed E-state index contributed by atoms with van der Waals surface area (Å²) in [6, 6.07) is 8.84. The van der Waals surface area contributed by atoms with Crippen molar-refractivity contribution in [1.29, 1.82) is 0 Å². The molecule has 4 nitrogen and oxygen atoms in total. The number of methoxy groups -OCH3 is 1. The van der Waals surface area contributed by atoms with E-state index in [0.29, 0.717) is 17.0 Å². The molecule has 2 aromatic rings. The number of hydrogen-bond acceptors (Lipinski definition) is 4. The third kappa shape index (κ3) is 2.88. The molecule has 0 fully saturated rings. The Bertz CT molecular complexity index is 587. The van der Waals surface area contributed by atoms with Crippen molar-refractivity contribution < 1.29 is 19.3 Å². The molecule has 0 saturated heterocycles. The fraction of sp³-hybridized carbons (Fsp3) is 0.143. The van der Waals surface area contributed by atoms with Gasteiger partial charge in [0.05, 0.1) is 12.8 Å². The van der Waals surface area contributed by atoms with E-state index in [1.807, 2.05) is 0 Å². The largest absolute Gasteiger partial charge is 0.504 e. The summed E-state index contributed by atoms with van der Waals surface area (Å²) < 4.78 is 18.1. The summed E-state index contributed by atoms with van der Waals surface area (Å²) in [7, 11) is 1.45. The maximum atomic E-state index is 13.0. The summed E-state index contributed by atoms with van der Waals surface area (Å²) in [6.07, 6.45) is 0. The highest BCUT2D eigenvalue weighted by molar-refractivity contribution is 5.57. The maximum Gasteiger partial charge on any atom is 0.162 e. The van der Waals surface area contributed by atoms with Crippen molar-refractivity contribution in [2.45, 2.75) is 6.54 Å². The molecule has 0 heterocycles. The van der Waals surface area contributed by atoms with Crippen molar-refractivity contribution in [1.82, 2.24) is 0 Å². The van der Waals surface area contributed by atoms with Crippen LogP contribution in [0, 0.1) is 5.82 Å². The predicted molar refractivity (Wildman–Crippen MR) is 70.1 cm³/mol. The molecule has 100 valence electrons. The van der Waals surface area contributed by atoms with E-state index < -0.39 is 0 Å². The zero-order valence-electron chi connectivity index (χ0n) is 10.4. The van der Waals surface area contributed by atoms with E-state index in [9.17, 15) is 14.6 Å². The van der Waals surface area contributed by atoms with Crippen LogP contribution < -0.4 is 10.1 Å². The van der Waals surface area contributed by atoms with E-state index in [1.54, 1.807) is 18.2 Å². The number of halogens is 1. The first-order chi connectivity index (χ1) is 9.11. The summed E-state index contributed by atoms with van der Waals surface area (Å²) in [5, 5.41) is 22.1. The van der Waals surface area contributed by atoms with E-state index in [0.717, 1.165) is 0 Å². The zero-order valence-corrected chi connectivity index (χ0v) is 10.4. The second-order valence-electron chi connectivity index (χ2n) is 3.98. The number of anilines is 1. The van der Waals surface area contributed by atoms with Crippen LogP contribution in [0.15, 0.2) is 36.4 Å². The molecule has 5 heteroatoms. The van der Waals surface area contributed by atoms with Crippen LogP contribution >= 0.6 is 0 Å². The van der Waals surface area contributed by atoms with Gasteiger partial charge in [0.1, 0.15) is 11.6 Å². The zero-order chi connectivity index (χ0) is 13.8. The topological polar surface area (TPSA) is 61.7 Å². The number of para-hydroxylation sites is 1. The van der Waals surface area contributed by atoms with Gasteiger partial charge in [0.2, 0.25) is 0 Å². The molecule has 0 bridgehead atoms. The van der Waals surface area contributed by atoms with Gasteiger partial charge in [-0.05, 0) is 18.2 Å². The van der Waals surface area contributed by atoms with Gasteiger partial charge in [-0.15, -0.1) is 0 Å². The minimum atomic E-state index is -0.386. The molecule has 0 aliphatic rings. The molecule has 0 aromatic heterocycles. The molecule has 19 heavy (non-hydrogen) atoms.